The number of nitrogens with zero attached hydrogens (tertiary/aromatic N) is 1. The first-order valence-electron chi connectivity index (χ1n) is 7.03. The molecule has 1 N–H and O–H groups in total. The predicted octanol–water partition coefficient (Wildman–Crippen LogP) is 3.45. The summed E-state index contributed by atoms with van der Waals surface area (Å²) in [6.07, 6.45) is 6.55. The molecule has 102 valence electrons. The van der Waals surface area contributed by atoms with Gasteiger partial charge in [0, 0.05) is 24.4 Å². The molecule has 3 nitrogen and oxygen atoms in total. The van der Waals surface area contributed by atoms with Gasteiger partial charge in [0.2, 0.25) is 0 Å². The molecule has 1 heterocycles. The zero-order valence-electron chi connectivity index (χ0n) is 11.5. The molecule has 0 aromatic carbocycles. The zero-order valence-corrected chi connectivity index (χ0v) is 12.3. The van der Waals surface area contributed by atoms with Crippen molar-refractivity contribution in [2.75, 3.05) is 13.7 Å². The van der Waals surface area contributed by atoms with Gasteiger partial charge in [-0.05, 0) is 25.8 Å². The van der Waals surface area contributed by atoms with E-state index in [-0.39, 0.29) is 0 Å². The second-order valence-electron chi connectivity index (χ2n) is 5.01. The molecule has 0 bridgehead atoms. The van der Waals surface area contributed by atoms with E-state index in [1.165, 1.54) is 42.0 Å². The maximum Gasteiger partial charge on any atom is 0.0963 e. The van der Waals surface area contributed by atoms with Gasteiger partial charge in [0.15, 0.2) is 0 Å². The van der Waals surface area contributed by atoms with Crippen LogP contribution in [0.1, 0.15) is 60.5 Å². The van der Waals surface area contributed by atoms with E-state index in [0.717, 1.165) is 18.8 Å². The number of hydrogen-bond acceptors (Lipinski definition) is 4. The molecular formula is C14H24N2OS. The number of hydrogen-bond donors (Lipinski definition) is 1. The van der Waals surface area contributed by atoms with E-state index in [1.54, 1.807) is 7.11 Å². The van der Waals surface area contributed by atoms with Crippen LogP contribution in [0.3, 0.4) is 0 Å². The average Bonchev–Trinajstić information content (AvgIpc) is 2.99. The monoisotopic (exact) mass is 268 g/mol. The van der Waals surface area contributed by atoms with Crippen molar-refractivity contribution in [1.29, 1.82) is 0 Å². The molecule has 0 unspecified atom stereocenters. The molecule has 1 fully saturated rings. The van der Waals surface area contributed by atoms with Crippen molar-refractivity contribution in [2.24, 2.45) is 0 Å². The standard InChI is InChI=1S/C14H24N2OS/c1-3-8-15-9-13-12(10-17-2)16-14(18-13)11-6-4-5-7-11/h11,15H,3-10H2,1-2H3. The Balaban J connectivity index is 2.04. The summed E-state index contributed by atoms with van der Waals surface area (Å²) in [7, 11) is 1.75. The first-order valence-corrected chi connectivity index (χ1v) is 7.85. The van der Waals surface area contributed by atoms with Gasteiger partial charge in [-0.25, -0.2) is 4.98 Å². The summed E-state index contributed by atoms with van der Waals surface area (Å²) in [5.41, 5.74) is 1.15. The van der Waals surface area contributed by atoms with Crippen molar-refractivity contribution < 1.29 is 4.74 Å². The summed E-state index contributed by atoms with van der Waals surface area (Å²) >= 11 is 1.89. The van der Waals surface area contributed by atoms with Gasteiger partial charge in [0.1, 0.15) is 0 Å². The third kappa shape index (κ3) is 3.53. The maximum absolute atomic E-state index is 5.27. The highest BCUT2D eigenvalue weighted by atomic mass is 32.1. The second-order valence-corrected chi connectivity index (χ2v) is 6.13. The molecule has 1 aromatic rings. The Labute approximate surface area is 114 Å². The van der Waals surface area contributed by atoms with Gasteiger partial charge in [-0.2, -0.15) is 0 Å². The lowest BCUT2D eigenvalue weighted by molar-refractivity contribution is 0.181. The number of rotatable bonds is 7. The van der Waals surface area contributed by atoms with Crippen LogP contribution in [-0.2, 0) is 17.9 Å². The molecule has 1 aliphatic carbocycles. The van der Waals surface area contributed by atoms with Crippen molar-refractivity contribution >= 4 is 11.3 Å². The number of thiazole rings is 1. The third-order valence-corrected chi connectivity index (χ3v) is 4.75. The largest absolute Gasteiger partial charge is 0.378 e. The van der Waals surface area contributed by atoms with Crippen LogP contribution >= 0.6 is 11.3 Å². The minimum atomic E-state index is 0.645. The Kier molecular flexibility index (Phi) is 5.60. The minimum absolute atomic E-state index is 0.645. The summed E-state index contributed by atoms with van der Waals surface area (Å²) in [6, 6.07) is 0. The molecule has 4 heteroatoms. The Morgan fingerprint density at radius 2 is 2.17 bits per heavy atom. The van der Waals surface area contributed by atoms with E-state index < -0.39 is 0 Å². The molecule has 1 aliphatic rings. The first-order chi connectivity index (χ1) is 8.85. The lowest BCUT2D eigenvalue weighted by atomic mass is 10.1. The van der Waals surface area contributed by atoms with Gasteiger partial charge in [-0.1, -0.05) is 19.8 Å². The van der Waals surface area contributed by atoms with E-state index in [4.69, 9.17) is 9.72 Å². The number of methoxy groups -OCH3 is 1. The molecule has 1 saturated carbocycles. The van der Waals surface area contributed by atoms with Crippen molar-refractivity contribution in [3.05, 3.63) is 15.6 Å². The van der Waals surface area contributed by atoms with Crippen LogP contribution in [0.15, 0.2) is 0 Å². The molecule has 2 rings (SSSR count). The van der Waals surface area contributed by atoms with Crippen LogP contribution in [-0.4, -0.2) is 18.6 Å². The Hall–Kier alpha value is -0.450. The molecule has 0 saturated heterocycles. The lowest BCUT2D eigenvalue weighted by Crippen LogP contribution is -2.14. The van der Waals surface area contributed by atoms with Gasteiger partial charge >= 0.3 is 0 Å². The fourth-order valence-electron chi connectivity index (χ4n) is 2.52. The topological polar surface area (TPSA) is 34.2 Å². The van der Waals surface area contributed by atoms with Crippen LogP contribution in [0, 0.1) is 0 Å². The van der Waals surface area contributed by atoms with E-state index in [1.807, 2.05) is 11.3 Å². The van der Waals surface area contributed by atoms with Gasteiger partial charge in [-0.3, -0.25) is 0 Å². The summed E-state index contributed by atoms with van der Waals surface area (Å²) in [5, 5.41) is 4.81. The van der Waals surface area contributed by atoms with E-state index in [0.29, 0.717) is 12.5 Å². The number of ether oxygens (including phenoxy) is 1. The summed E-state index contributed by atoms with van der Waals surface area (Å²) in [5.74, 6) is 0.713. The highest BCUT2D eigenvalue weighted by Crippen LogP contribution is 2.37. The van der Waals surface area contributed by atoms with Crippen molar-refractivity contribution in [3.8, 4) is 0 Å². The quantitative estimate of drug-likeness (QED) is 0.769. The third-order valence-electron chi connectivity index (χ3n) is 3.49. The molecule has 1 aromatic heterocycles. The Bertz CT molecular complexity index is 359. The smallest absolute Gasteiger partial charge is 0.0963 e. The van der Waals surface area contributed by atoms with Crippen molar-refractivity contribution in [1.82, 2.24) is 10.3 Å². The van der Waals surface area contributed by atoms with Crippen LogP contribution in [0.4, 0.5) is 0 Å². The highest BCUT2D eigenvalue weighted by molar-refractivity contribution is 7.11. The van der Waals surface area contributed by atoms with Gasteiger partial charge < -0.3 is 10.1 Å². The van der Waals surface area contributed by atoms with E-state index >= 15 is 0 Å². The molecular weight excluding hydrogens is 244 g/mol. The fraction of sp³-hybridized carbons (Fsp3) is 0.786. The highest BCUT2D eigenvalue weighted by Gasteiger charge is 2.22. The maximum atomic E-state index is 5.27. The van der Waals surface area contributed by atoms with Crippen LogP contribution < -0.4 is 5.32 Å². The summed E-state index contributed by atoms with van der Waals surface area (Å²) in [6.45, 7) is 4.85. The summed E-state index contributed by atoms with van der Waals surface area (Å²) < 4.78 is 5.27. The van der Waals surface area contributed by atoms with Gasteiger partial charge in [0.05, 0.1) is 17.3 Å². The summed E-state index contributed by atoms with van der Waals surface area (Å²) in [4.78, 5) is 6.18. The van der Waals surface area contributed by atoms with Gasteiger partial charge in [-0.15, -0.1) is 11.3 Å². The normalized spacial score (nSPS) is 16.6. The zero-order chi connectivity index (χ0) is 12.8. The van der Waals surface area contributed by atoms with E-state index in [2.05, 4.69) is 12.2 Å². The Morgan fingerprint density at radius 1 is 1.39 bits per heavy atom. The molecule has 0 amide bonds. The van der Waals surface area contributed by atoms with Crippen LogP contribution in [0.25, 0.3) is 0 Å². The van der Waals surface area contributed by atoms with E-state index in [9.17, 15) is 0 Å². The first kappa shape index (κ1) is 14.0. The fourth-order valence-corrected chi connectivity index (χ4v) is 3.72. The Morgan fingerprint density at radius 3 is 2.83 bits per heavy atom. The average molecular weight is 268 g/mol. The number of aromatic nitrogens is 1. The van der Waals surface area contributed by atoms with Crippen LogP contribution in [0.5, 0.6) is 0 Å². The van der Waals surface area contributed by atoms with Crippen LogP contribution in [0.2, 0.25) is 0 Å². The second kappa shape index (κ2) is 7.22. The molecule has 0 atom stereocenters. The van der Waals surface area contributed by atoms with Crippen molar-refractivity contribution in [2.45, 2.75) is 58.1 Å². The molecule has 0 aliphatic heterocycles. The lowest BCUT2D eigenvalue weighted by Gasteiger charge is -2.02. The molecule has 0 radical (unpaired) electrons. The molecule has 18 heavy (non-hydrogen) atoms. The number of nitrogens with one attached hydrogen (secondary N) is 1. The van der Waals surface area contributed by atoms with Gasteiger partial charge in [0.25, 0.3) is 0 Å². The molecule has 0 spiro atoms. The van der Waals surface area contributed by atoms with Crippen molar-refractivity contribution in [3.63, 3.8) is 0 Å². The predicted molar refractivity (Wildman–Crippen MR) is 76.0 cm³/mol. The SMILES string of the molecule is CCCNCc1sc(C2CCCC2)nc1COC. The minimum Gasteiger partial charge on any atom is -0.378 e.